The lowest BCUT2D eigenvalue weighted by Gasteiger charge is -2.37. The molecule has 0 N–H and O–H groups in total. The Labute approximate surface area is 159 Å². The summed E-state index contributed by atoms with van der Waals surface area (Å²) in [5.41, 5.74) is -0.991. The van der Waals surface area contributed by atoms with Gasteiger partial charge in [0.15, 0.2) is 5.82 Å². The minimum absolute atomic E-state index is 0.0220. The molecule has 0 saturated carbocycles. The van der Waals surface area contributed by atoms with Crippen molar-refractivity contribution >= 4 is 17.3 Å². The summed E-state index contributed by atoms with van der Waals surface area (Å²) in [6.45, 7) is 1.48. The largest absolute Gasteiger partial charge is 0.417 e. The first-order valence-electron chi connectivity index (χ1n) is 8.41. The second-order valence-electron chi connectivity index (χ2n) is 6.67. The highest BCUT2D eigenvalue weighted by Crippen LogP contribution is 2.29. The molecule has 2 aromatic heterocycles. The van der Waals surface area contributed by atoms with Crippen LogP contribution in [0.3, 0.4) is 0 Å². The van der Waals surface area contributed by atoms with Crippen LogP contribution in [0, 0.1) is 0 Å². The molecule has 0 aliphatic carbocycles. The van der Waals surface area contributed by atoms with Crippen molar-refractivity contribution in [3.63, 3.8) is 0 Å². The molecule has 0 spiro atoms. The molecule has 1 aliphatic rings. The summed E-state index contributed by atoms with van der Waals surface area (Å²) in [7, 11) is 4.00. The van der Waals surface area contributed by atoms with Gasteiger partial charge in [0.2, 0.25) is 0 Å². The number of halogens is 4. The van der Waals surface area contributed by atoms with Gasteiger partial charge in [-0.3, -0.25) is 4.79 Å². The topological polar surface area (TPSA) is 54.3 Å². The van der Waals surface area contributed by atoms with Gasteiger partial charge in [0.1, 0.15) is 5.02 Å². The average molecular weight is 402 g/mol. The maximum absolute atomic E-state index is 12.7. The lowest BCUT2D eigenvalue weighted by Crippen LogP contribution is -2.45. The SMILES string of the molecule is CN(C)C1CCCN(c2cnn(-c3ccc(C(F)(F)F)cn3)c(=O)c2Cl)C1. The van der Waals surface area contributed by atoms with Gasteiger partial charge in [-0.05, 0) is 39.1 Å². The first-order valence-corrected chi connectivity index (χ1v) is 8.79. The average Bonchev–Trinajstić information content (AvgIpc) is 2.63. The number of rotatable bonds is 3. The Hall–Kier alpha value is -2.13. The van der Waals surface area contributed by atoms with Crippen LogP contribution in [0.25, 0.3) is 5.82 Å². The Morgan fingerprint density at radius 2 is 2.00 bits per heavy atom. The van der Waals surface area contributed by atoms with Gasteiger partial charge in [0.05, 0.1) is 17.4 Å². The first kappa shape index (κ1) is 19.6. The van der Waals surface area contributed by atoms with Gasteiger partial charge in [-0.1, -0.05) is 11.6 Å². The Balaban J connectivity index is 1.90. The third kappa shape index (κ3) is 4.08. The highest BCUT2D eigenvalue weighted by Gasteiger charge is 2.31. The number of piperidine rings is 1. The van der Waals surface area contributed by atoms with Crippen LogP contribution in [0.4, 0.5) is 18.9 Å². The molecule has 6 nitrogen and oxygen atoms in total. The number of hydrogen-bond acceptors (Lipinski definition) is 5. The first-order chi connectivity index (χ1) is 12.7. The molecule has 146 valence electrons. The maximum atomic E-state index is 12.7. The summed E-state index contributed by atoms with van der Waals surface area (Å²) in [5.74, 6) is -0.0220. The Bertz CT molecular complexity index is 866. The fourth-order valence-corrected chi connectivity index (χ4v) is 3.33. The summed E-state index contributed by atoms with van der Waals surface area (Å²) >= 11 is 6.28. The molecule has 1 fully saturated rings. The van der Waals surface area contributed by atoms with E-state index in [9.17, 15) is 18.0 Å². The van der Waals surface area contributed by atoms with Gasteiger partial charge >= 0.3 is 6.18 Å². The smallest absolute Gasteiger partial charge is 0.367 e. The third-order valence-corrected chi connectivity index (χ3v) is 5.02. The molecule has 1 atom stereocenters. The van der Waals surface area contributed by atoms with Crippen LogP contribution in [0.5, 0.6) is 0 Å². The number of anilines is 1. The lowest BCUT2D eigenvalue weighted by atomic mass is 10.0. The number of pyridine rings is 1. The zero-order valence-electron chi connectivity index (χ0n) is 14.9. The van der Waals surface area contributed by atoms with Crippen molar-refractivity contribution < 1.29 is 13.2 Å². The Morgan fingerprint density at radius 3 is 2.59 bits per heavy atom. The molecular formula is C17H19ClF3N5O. The van der Waals surface area contributed by atoms with E-state index < -0.39 is 17.3 Å². The summed E-state index contributed by atoms with van der Waals surface area (Å²) in [5, 5.41) is 4.04. The second-order valence-corrected chi connectivity index (χ2v) is 7.05. The molecule has 3 rings (SSSR count). The molecule has 0 radical (unpaired) electrons. The molecule has 10 heteroatoms. The number of alkyl halides is 3. The lowest BCUT2D eigenvalue weighted by molar-refractivity contribution is -0.137. The number of aromatic nitrogens is 3. The molecule has 1 unspecified atom stereocenters. The van der Waals surface area contributed by atoms with Crippen molar-refractivity contribution in [3.05, 3.63) is 45.5 Å². The van der Waals surface area contributed by atoms with Crippen molar-refractivity contribution in [2.75, 3.05) is 32.1 Å². The van der Waals surface area contributed by atoms with Gasteiger partial charge in [-0.2, -0.15) is 23.0 Å². The van der Waals surface area contributed by atoms with Gasteiger partial charge in [0, 0.05) is 25.3 Å². The Morgan fingerprint density at radius 1 is 1.26 bits per heavy atom. The zero-order valence-corrected chi connectivity index (χ0v) is 15.6. The van der Waals surface area contributed by atoms with Gasteiger partial charge < -0.3 is 9.80 Å². The maximum Gasteiger partial charge on any atom is 0.417 e. The van der Waals surface area contributed by atoms with Crippen molar-refractivity contribution in [2.45, 2.75) is 25.1 Å². The van der Waals surface area contributed by atoms with Crippen LogP contribution in [-0.4, -0.2) is 52.9 Å². The van der Waals surface area contributed by atoms with Crippen molar-refractivity contribution in [2.24, 2.45) is 0 Å². The summed E-state index contributed by atoms with van der Waals surface area (Å²) in [6.07, 6.45) is -0.356. The van der Waals surface area contributed by atoms with E-state index in [4.69, 9.17) is 11.6 Å². The van der Waals surface area contributed by atoms with Crippen LogP contribution in [0.15, 0.2) is 29.3 Å². The molecule has 0 aromatic carbocycles. The summed E-state index contributed by atoms with van der Waals surface area (Å²) < 4.78 is 38.9. The number of hydrogen-bond donors (Lipinski definition) is 0. The van der Waals surface area contributed by atoms with E-state index in [0.29, 0.717) is 17.9 Å². The standard InChI is InChI=1S/C17H19ClF3N5O/c1-24(2)12-4-3-7-25(10-12)13-9-23-26(16(27)15(13)18)14-6-5-11(8-22-14)17(19,20)21/h5-6,8-9,12H,3-4,7,10H2,1-2H3. The van der Waals surface area contributed by atoms with E-state index in [1.807, 2.05) is 19.0 Å². The summed E-state index contributed by atoms with van der Waals surface area (Å²) in [6, 6.07) is 2.29. The fourth-order valence-electron chi connectivity index (χ4n) is 3.08. The Kier molecular flexibility index (Phi) is 5.43. The highest BCUT2D eigenvalue weighted by molar-refractivity contribution is 6.33. The molecule has 1 aliphatic heterocycles. The monoisotopic (exact) mass is 401 g/mol. The molecule has 27 heavy (non-hydrogen) atoms. The number of nitrogens with zero attached hydrogens (tertiary/aromatic N) is 5. The van der Waals surface area contributed by atoms with Crippen molar-refractivity contribution in [3.8, 4) is 5.82 Å². The van der Waals surface area contributed by atoms with Gasteiger partial charge in [-0.25, -0.2) is 4.98 Å². The highest BCUT2D eigenvalue weighted by atomic mass is 35.5. The normalized spacial score (nSPS) is 18.2. The zero-order chi connectivity index (χ0) is 19.8. The predicted octanol–water partition coefficient (Wildman–Crippen LogP) is 2.83. The minimum Gasteiger partial charge on any atom is -0.367 e. The molecular weight excluding hydrogens is 383 g/mol. The minimum atomic E-state index is -4.50. The molecule has 0 amide bonds. The van der Waals surface area contributed by atoms with E-state index in [2.05, 4.69) is 15.0 Å². The fraction of sp³-hybridized carbons (Fsp3) is 0.471. The molecule has 2 aromatic rings. The van der Waals surface area contributed by atoms with E-state index in [1.54, 1.807) is 0 Å². The quantitative estimate of drug-likeness (QED) is 0.791. The van der Waals surface area contributed by atoms with E-state index in [0.717, 1.165) is 42.7 Å². The molecule has 1 saturated heterocycles. The van der Waals surface area contributed by atoms with Crippen LogP contribution in [0.2, 0.25) is 5.02 Å². The summed E-state index contributed by atoms with van der Waals surface area (Å²) in [4.78, 5) is 20.4. The second kappa shape index (κ2) is 7.47. The van der Waals surface area contributed by atoms with Crippen LogP contribution >= 0.6 is 11.6 Å². The molecule has 3 heterocycles. The number of likely N-dealkylation sites (N-methyl/N-ethyl adjacent to an activating group) is 1. The third-order valence-electron chi connectivity index (χ3n) is 4.66. The van der Waals surface area contributed by atoms with Crippen LogP contribution in [-0.2, 0) is 6.18 Å². The molecule has 0 bridgehead atoms. The van der Waals surface area contributed by atoms with Crippen molar-refractivity contribution in [1.29, 1.82) is 0 Å². The van der Waals surface area contributed by atoms with Crippen LogP contribution < -0.4 is 10.5 Å². The van der Waals surface area contributed by atoms with Gasteiger partial charge in [-0.15, -0.1) is 0 Å². The van der Waals surface area contributed by atoms with Gasteiger partial charge in [0.25, 0.3) is 5.56 Å². The van der Waals surface area contributed by atoms with E-state index in [1.165, 1.54) is 6.20 Å². The predicted molar refractivity (Wildman–Crippen MR) is 96.6 cm³/mol. The van der Waals surface area contributed by atoms with Crippen molar-refractivity contribution in [1.82, 2.24) is 19.7 Å². The van der Waals surface area contributed by atoms with E-state index in [-0.39, 0.29) is 10.8 Å². The van der Waals surface area contributed by atoms with Crippen LogP contribution in [0.1, 0.15) is 18.4 Å². The van der Waals surface area contributed by atoms with E-state index >= 15 is 0 Å².